The molecule has 1 aromatic heterocycles. The molecule has 0 radical (unpaired) electrons. The van der Waals surface area contributed by atoms with E-state index in [1.165, 1.54) is 0 Å². The molecule has 1 fully saturated rings. The first-order valence-corrected chi connectivity index (χ1v) is 6.70. The standard InChI is InChI=1S/C14H16ClN3O/c1-14(2)7-9(14)12-17-13(19-18-12)11(16)8-5-3-4-6-10(8)15/h3-6,9,11H,7,16H2,1-2H3/t9?,11-/m1/s1. The molecule has 2 atom stereocenters. The van der Waals surface area contributed by atoms with Gasteiger partial charge in [0, 0.05) is 10.9 Å². The number of hydrogen-bond acceptors (Lipinski definition) is 4. The number of nitrogens with two attached hydrogens (primary N) is 1. The second-order valence-corrected chi connectivity index (χ2v) is 6.14. The molecule has 0 amide bonds. The fourth-order valence-corrected chi connectivity index (χ4v) is 2.54. The van der Waals surface area contributed by atoms with E-state index < -0.39 is 6.04 Å². The number of aromatic nitrogens is 2. The molecule has 1 unspecified atom stereocenters. The zero-order valence-electron chi connectivity index (χ0n) is 10.9. The normalized spacial score (nSPS) is 22.2. The molecule has 2 aromatic rings. The fraction of sp³-hybridized carbons (Fsp3) is 0.429. The van der Waals surface area contributed by atoms with Gasteiger partial charge in [0.25, 0.3) is 0 Å². The smallest absolute Gasteiger partial charge is 0.248 e. The average molecular weight is 278 g/mol. The van der Waals surface area contributed by atoms with Gasteiger partial charge in [-0.2, -0.15) is 4.98 Å². The molecule has 0 saturated heterocycles. The Morgan fingerprint density at radius 1 is 1.42 bits per heavy atom. The lowest BCUT2D eigenvalue weighted by molar-refractivity contribution is 0.361. The zero-order chi connectivity index (χ0) is 13.6. The highest BCUT2D eigenvalue weighted by Crippen LogP contribution is 2.57. The third-order valence-corrected chi connectivity index (χ3v) is 4.13. The minimum atomic E-state index is -0.475. The van der Waals surface area contributed by atoms with Crippen molar-refractivity contribution in [1.82, 2.24) is 10.1 Å². The number of hydrogen-bond donors (Lipinski definition) is 1. The van der Waals surface area contributed by atoms with Gasteiger partial charge in [-0.1, -0.05) is 48.8 Å². The molecule has 1 aromatic carbocycles. The van der Waals surface area contributed by atoms with Gasteiger partial charge in [0.1, 0.15) is 6.04 Å². The van der Waals surface area contributed by atoms with Crippen LogP contribution in [0.4, 0.5) is 0 Å². The second kappa shape index (κ2) is 4.32. The summed E-state index contributed by atoms with van der Waals surface area (Å²) in [5.41, 5.74) is 7.21. The van der Waals surface area contributed by atoms with Crippen LogP contribution in [0.25, 0.3) is 0 Å². The molecule has 2 N–H and O–H groups in total. The van der Waals surface area contributed by atoms with Crippen LogP contribution in [0.1, 0.15) is 49.5 Å². The molecule has 0 spiro atoms. The van der Waals surface area contributed by atoms with Crippen LogP contribution in [0.5, 0.6) is 0 Å². The Kier molecular flexibility index (Phi) is 2.87. The highest BCUT2D eigenvalue weighted by atomic mass is 35.5. The molecule has 1 aliphatic carbocycles. The molecule has 100 valence electrons. The summed E-state index contributed by atoms with van der Waals surface area (Å²) >= 11 is 6.13. The minimum Gasteiger partial charge on any atom is -0.337 e. The predicted octanol–water partition coefficient (Wildman–Crippen LogP) is 3.28. The fourth-order valence-electron chi connectivity index (χ4n) is 2.28. The Morgan fingerprint density at radius 2 is 2.11 bits per heavy atom. The number of halogens is 1. The third-order valence-electron chi connectivity index (χ3n) is 3.79. The molecule has 4 nitrogen and oxygen atoms in total. The summed E-state index contributed by atoms with van der Waals surface area (Å²) in [6, 6.07) is 6.96. The number of benzene rings is 1. The third kappa shape index (κ3) is 2.26. The predicted molar refractivity (Wildman–Crippen MR) is 72.9 cm³/mol. The van der Waals surface area contributed by atoms with E-state index >= 15 is 0 Å². The Balaban J connectivity index is 1.85. The summed E-state index contributed by atoms with van der Waals surface area (Å²) in [6.45, 7) is 4.39. The van der Waals surface area contributed by atoms with E-state index in [9.17, 15) is 0 Å². The lowest BCUT2D eigenvalue weighted by Gasteiger charge is -2.08. The van der Waals surface area contributed by atoms with Crippen molar-refractivity contribution in [2.24, 2.45) is 11.1 Å². The van der Waals surface area contributed by atoms with Crippen LogP contribution >= 0.6 is 11.6 Å². The van der Waals surface area contributed by atoms with Crippen LogP contribution in [0, 0.1) is 5.41 Å². The van der Waals surface area contributed by atoms with Gasteiger partial charge < -0.3 is 10.3 Å². The molecule has 5 heteroatoms. The second-order valence-electron chi connectivity index (χ2n) is 5.74. The molecule has 0 bridgehead atoms. The Morgan fingerprint density at radius 3 is 2.74 bits per heavy atom. The molecule has 19 heavy (non-hydrogen) atoms. The van der Waals surface area contributed by atoms with Crippen LogP contribution < -0.4 is 5.73 Å². The van der Waals surface area contributed by atoms with Crippen molar-refractivity contribution in [2.75, 3.05) is 0 Å². The number of nitrogens with zero attached hydrogens (tertiary/aromatic N) is 2. The van der Waals surface area contributed by atoms with Crippen LogP contribution in [0.3, 0.4) is 0 Å². The summed E-state index contributed by atoms with van der Waals surface area (Å²) in [5.74, 6) is 1.55. The maximum atomic E-state index is 6.14. The first-order chi connectivity index (χ1) is 8.99. The van der Waals surface area contributed by atoms with Gasteiger partial charge >= 0.3 is 0 Å². The molecular weight excluding hydrogens is 262 g/mol. The van der Waals surface area contributed by atoms with E-state index in [4.69, 9.17) is 21.9 Å². The van der Waals surface area contributed by atoms with Crippen molar-refractivity contribution in [3.05, 3.63) is 46.6 Å². The van der Waals surface area contributed by atoms with Crippen LogP contribution in [-0.2, 0) is 0 Å². The van der Waals surface area contributed by atoms with Gasteiger partial charge in [0.05, 0.1) is 0 Å². The Hall–Kier alpha value is -1.39. The van der Waals surface area contributed by atoms with Gasteiger partial charge in [-0.25, -0.2) is 0 Å². The van der Waals surface area contributed by atoms with Crippen LogP contribution in [0.15, 0.2) is 28.8 Å². The molecule has 1 aliphatic rings. The maximum absolute atomic E-state index is 6.14. The minimum absolute atomic E-state index is 0.273. The molecule has 1 saturated carbocycles. The Labute approximate surface area is 117 Å². The summed E-state index contributed by atoms with van der Waals surface area (Å²) in [6.07, 6.45) is 1.09. The van der Waals surface area contributed by atoms with Gasteiger partial charge in [-0.05, 0) is 23.5 Å². The lowest BCUT2D eigenvalue weighted by Crippen LogP contribution is -2.12. The van der Waals surface area contributed by atoms with Crippen molar-refractivity contribution >= 4 is 11.6 Å². The van der Waals surface area contributed by atoms with Gasteiger partial charge in [0.15, 0.2) is 5.82 Å². The SMILES string of the molecule is CC1(C)CC1c1noc([C@H](N)c2ccccc2Cl)n1. The molecular formula is C14H16ClN3O. The van der Waals surface area contributed by atoms with E-state index in [0.29, 0.717) is 16.8 Å². The Bertz CT molecular complexity index is 608. The van der Waals surface area contributed by atoms with Gasteiger partial charge in [-0.15, -0.1) is 0 Å². The van der Waals surface area contributed by atoms with E-state index in [1.54, 1.807) is 6.07 Å². The number of rotatable bonds is 3. The van der Waals surface area contributed by atoms with Crippen molar-refractivity contribution in [2.45, 2.75) is 32.2 Å². The van der Waals surface area contributed by atoms with E-state index in [0.717, 1.165) is 17.8 Å². The summed E-state index contributed by atoms with van der Waals surface area (Å²) < 4.78 is 5.29. The maximum Gasteiger partial charge on any atom is 0.248 e. The highest BCUT2D eigenvalue weighted by molar-refractivity contribution is 6.31. The summed E-state index contributed by atoms with van der Waals surface area (Å²) in [7, 11) is 0. The molecule has 3 rings (SSSR count). The summed E-state index contributed by atoms with van der Waals surface area (Å²) in [4.78, 5) is 4.42. The van der Waals surface area contributed by atoms with Gasteiger partial charge in [-0.3, -0.25) is 0 Å². The van der Waals surface area contributed by atoms with Crippen molar-refractivity contribution in [1.29, 1.82) is 0 Å². The van der Waals surface area contributed by atoms with E-state index in [1.807, 2.05) is 18.2 Å². The monoisotopic (exact) mass is 277 g/mol. The highest BCUT2D eigenvalue weighted by Gasteiger charge is 2.49. The zero-order valence-corrected chi connectivity index (χ0v) is 11.7. The van der Waals surface area contributed by atoms with Crippen molar-refractivity contribution in [3.63, 3.8) is 0 Å². The summed E-state index contributed by atoms with van der Waals surface area (Å²) in [5, 5.41) is 4.65. The van der Waals surface area contributed by atoms with E-state index in [2.05, 4.69) is 24.0 Å². The first kappa shape index (κ1) is 12.6. The average Bonchev–Trinajstić information content (AvgIpc) is 2.81. The topological polar surface area (TPSA) is 64.9 Å². The van der Waals surface area contributed by atoms with Crippen molar-refractivity contribution < 1.29 is 4.52 Å². The van der Waals surface area contributed by atoms with Gasteiger partial charge in [0.2, 0.25) is 5.89 Å². The lowest BCUT2D eigenvalue weighted by atomic mass is 10.1. The quantitative estimate of drug-likeness (QED) is 0.935. The molecule has 0 aliphatic heterocycles. The largest absolute Gasteiger partial charge is 0.337 e. The van der Waals surface area contributed by atoms with Crippen LogP contribution in [0.2, 0.25) is 5.02 Å². The van der Waals surface area contributed by atoms with Crippen LogP contribution in [-0.4, -0.2) is 10.1 Å². The molecule has 1 heterocycles. The van der Waals surface area contributed by atoms with Crippen molar-refractivity contribution in [3.8, 4) is 0 Å². The first-order valence-electron chi connectivity index (χ1n) is 6.32. The van der Waals surface area contributed by atoms with E-state index in [-0.39, 0.29) is 5.41 Å².